The van der Waals surface area contributed by atoms with E-state index >= 15 is 0 Å². The summed E-state index contributed by atoms with van der Waals surface area (Å²) in [6.45, 7) is 3.74. The standard InChI is InChI=1S/C22H25NO5/c1-3-18(19-7-5-4-6-8-19)13-23-22(26)16(2)28-21(25)15-27-20-11-9-17(14-24)10-12-20/h4-12,14,16,18H,3,13,15H2,1-2H3,(H,23,26)/t16-,18-/m1/s1. The number of amides is 1. The molecule has 148 valence electrons. The van der Waals surface area contributed by atoms with E-state index in [4.69, 9.17) is 9.47 Å². The van der Waals surface area contributed by atoms with Gasteiger partial charge < -0.3 is 14.8 Å². The minimum atomic E-state index is -0.915. The molecular weight excluding hydrogens is 358 g/mol. The van der Waals surface area contributed by atoms with Gasteiger partial charge in [-0.3, -0.25) is 9.59 Å². The molecule has 0 aliphatic carbocycles. The van der Waals surface area contributed by atoms with Crippen LogP contribution in [0.15, 0.2) is 54.6 Å². The zero-order valence-electron chi connectivity index (χ0n) is 16.1. The number of ether oxygens (including phenoxy) is 2. The van der Waals surface area contributed by atoms with E-state index in [1.807, 2.05) is 30.3 Å². The number of aldehydes is 1. The van der Waals surface area contributed by atoms with E-state index in [-0.39, 0.29) is 18.4 Å². The molecule has 2 atom stereocenters. The summed E-state index contributed by atoms with van der Waals surface area (Å²) < 4.78 is 10.4. The van der Waals surface area contributed by atoms with Crippen LogP contribution in [-0.2, 0) is 14.3 Å². The lowest BCUT2D eigenvalue weighted by Gasteiger charge is -2.18. The summed E-state index contributed by atoms with van der Waals surface area (Å²) >= 11 is 0. The van der Waals surface area contributed by atoms with Crippen molar-refractivity contribution in [2.24, 2.45) is 0 Å². The Hall–Kier alpha value is -3.15. The number of carbonyl (C=O) groups excluding carboxylic acids is 3. The molecule has 2 aromatic carbocycles. The van der Waals surface area contributed by atoms with Gasteiger partial charge in [-0.15, -0.1) is 0 Å². The number of nitrogens with one attached hydrogen (secondary N) is 1. The number of hydrogen-bond donors (Lipinski definition) is 1. The van der Waals surface area contributed by atoms with E-state index in [2.05, 4.69) is 12.2 Å². The minimum absolute atomic E-state index is 0.200. The molecule has 0 aromatic heterocycles. The minimum Gasteiger partial charge on any atom is -0.482 e. The van der Waals surface area contributed by atoms with Gasteiger partial charge in [0.15, 0.2) is 12.7 Å². The summed E-state index contributed by atoms with van der Waals surface area (Å²) in [6.07, 6.45) is 0.691. The predicted molar refractivity (Wildman–Crippen MR) is 105 cm³/mol. The Bertz CT molecular complexity index is 773. The van der Waals surface area contributed by atoms with E-state index in [0.717, 1.165) is 18.3 Å². The molecule has 1 N–H and O–H groups in total. The highest BCUT2D eigenvalue weighted by Crippen LogP contribution is 2.18. The SMILES string of the molecule is CC[C@H](CNC(=O)[C@@H](C)OC(=O)COc1ccc(C=O)cc1)c1ccccc1. The largest absolute Gasteiger partial charge is 0.482 e. The van der Waals surface area contributed by atoms with Crippen LogP contribution < -0.4 is 10.1 Å². The maximum Gasteiger partial charge on any atom is 0.344 e. The average molecular weight is 383 g/mol. The van der Waals surface area contributed by atoms with Crippen LogP contribution in [0.4, 0.5) is 0 Å². The van der Waals surface area contributed by atoms with E-state index in [1.54, 1.807) is 24.3 Å². The fourth-order valence-corrected chi connectivity index (χ4v) is 2.66. The molecule has 0 saturated heterocycles. The molecule has 0 saturated carbocycles. The summed E-state index contributed by atoms with van der Waals surface area (Å²) in [5.41, 5.74) is 1.67. The maximum atomic E-state index is 12.2. The number of esters is 1. The van der Waals surface area contributed by atoms with Crippen molar-refractivity contribution in [2.75, 3.05) is 13.2 Å². The average Bonchev–Trinajstić information content (AvgIpc) is 2.73. The molecule has 0 fully saturated rings. The first-order chi connectivity index (χ1) is 13.5. The van der Waals surface area contributed by atoms with Crippen molar-refractivity contribution in [3.05, 3.63) is 65.7 Å². The zero-order chi connectivity index (χ0) is 20.4. The lowest BCUT2D eigenvalue weighted by atomic mass is 9.96. The van der Waals surface area contributed by atoms with Crippen LogP contribution in [0.1, 0.15) is 42.1 Å². The maximum absolute atomic E-state index is 12.2. The van der Waals surface area contributed by atoms with Crippen LogP contribution in [0.25, 0.3) is 0 Å². The monoisotopic (exact) mass is 383 g/mol. The molecular formula is C22H25NO5. The van der Waals surface area contributed by atoms with E-state index in [1.165, 1.54) is 6.92 Å². The Morgan fingerprint density at radius 3 is 2.36 bits per heavy atom. The quantitative estimate of drug-likeness (QED) is 0.504. The van der Waals surface area contributed by atoms with Crippen molar-refractivity contribution in [2.45, 2.75) is 32.3 Å². The highest BCUT2D eigenvalue weighted by Gasteiger charge is 2.19. The van der Waals surface area contributed by atoms with Crippen molar-refractivity contribution >= 4 is 18.2 Å². The lowest BCUT2D eigenvalue weighted by Crippen LogP contribution is -2.38. The molecule has 0 aliphatic heterocycles. The first-order valence-electron chi connectivity index (χ1n) is 9.23. The summed E-state index contributed by atoms with van der Waals surface area (Å²) in [6, 6.07) is 16.3. The number of benzene rings is 2. The van der Waals surface area contributed by atoms with Gasteiger partial charge in [0, 0.05) is 18.0 Å². The molecule has 0 unspecified atom stereocenters. The summed E-state index contributed by atoms with van der Waals surface area (Å²) in [5, 5.41) is 2.83. The van der Waals surface area contributed by atoms with Crippen LogP contribution in [0.3, 0.4) is 0 Å². The zero-order valence-corrected chi connectivity index (χ0v) is 16.1. The predicted octanol–water partition coefficient (Wildman–Crippen LogP) is 3.12. The third kappa shape index (κ3) is 6.54. The Kier molecular flexibility index (Phi) is 8.21. The Morgan fingerprint density at radius 2 is 1.75 bits per heavy atom. The molecule has 2 rings (SSSR count). The van der Waals surface area contributed by atoms with Gasteiger partial charge in [0.25, 0.3) is 5.91 Å². The van der Waals surface area contributed by atoms with Crippen molar-refractivity contribution in [1.29, 1.82) is 0 Å². The molecule has 1 amide bonds. The van der Waals surface area contributed by atoms with Gasteiger partial charge in [0.1, 0.15) is 12.0 Å². The van der Waals surface area contributed by atoms with Gasteiger partial charge in [-0.1, -0.05) is 37.3 Å². The summed E-state index contributed by atoms with van der Waals surface area (Å²) in [4.78, 5) is 34.7. The highest BCUT2D eigenvalue weighted by molar-refractivity contribution is 5.83. The van der Waals surface area contributed by atoms with Gasteiger partial charge in [-0.2, -0.15) is 0 Å². The van der Waals surface area contributed by atoms with Gasteiger partial charge in [0.2, 0.25) is 0 Å². The van der Waals surface area contributed by atoms with Crippen LogP contribution >= 0.6 is 0 Å². The van der Waals surface area contributed by atoms with Gasteiger partial charge in [-0.25, -0.2) is 4.79 Å². The molecule has 0 aliphatic rings. The molecule has 0 radical (unpaired) electrons. The van der Waals surface area contributed by atoms with Crippen molar-refractivity contribution in [3.8, 4) is 5.75 Å². The first-order valence-corrected chi connectivity index (χ1v) is 9.23. The second kappa shape index (κ2) is 10.9. The van der Waals surface area contributed by atoms with Gasteiger partial charge in [-0.05, 0) is 43.2 Å². The Labute approximate surface area is 164 Å². The van der Waals surface area contributed by atoms with E-state index in [9.17, 15) is 14.4 Å². The fourth-order valence-electron chi connectivity index (χ4n) is 2.66. The third-order valence-electron chi connectivity index (χ3n) is 4.34. The first kappa shape index (κ1) is 21.2. The molecule has 28 heavy (non-hydrogen) atoms. The second-order valence-corrected chi connectivity index (χ2v) is 6.37. The molecule has 0 bridgehead atoms. The molecule has 0 heterocycles. The molecule has 6 heteroatoms. The van der Waals surface area contributed by atoms with Crippen LogP contribution in [0.5, 0.6) is 5.75 Å². The topological polar surface area (TPSA) is 81.7 Å². The van der Waals surface area contributed by atoms with Crippen LogP contribution in [-0.4, -0.2) is 37.4 Å². The number of rotatable bonds is 10. The highest BCUT2D eigenvalue weighted by atomic mass is 16.6. The van der Waals surface area contributed by atoms with Gasteiger partial charge in [0.05, 0.1) is 0 Å². The Morgan fingerprint density at radius 1 is 1.07 bits per heavy atom. The normalized spacial score (nSPS) is 12.5. The smallest absolute Gasteiger partial charge is 0.344 e. The van der Waals surface area contributed by atoms with Crippen molar-refractivity contribution < 1.29 is 23.9 Å². The molecule has 0 spiro atoms. The van der Waals surface area contributed by atoms with E-state index in [0.29, 0.717) is 17.9 Å². The molecule has 6 nitrogen and oxygen atoms in total. The number of hydrogen-bond acceptors (Lipinski definition) is 5. The van der Waals surface area contributed by atoms with Crippen LogP contribution in [0.2, 0.25) is 0 Å². The summed E-state index contributed by atoms with van der Waals surface area (Å²) in [7, 11) is 0. The van der Waals surface area contributed by atoms with Gasteiger partial charge >= 0.3 is 5.97 Å². The lowest BCUT2D eigenvalue weighted by molar-refractivity contribution is -0.156. The van der Waals surface area contributed by atoms with E-state index < -0.39 is 12.1 Å². The number of carbonyl (C=O) groups is 3. The second-order valence-electron chi connectivity index (χ2n) is 6.37. The van der Waals surface area contributed by atoms with Crippen LogP contribution in [0, 0.1) is 0 Å². The fraction of sp³-hybridized carbons (Fsp3) is 0.318. The summed E-state index contributed by atoms with van der Waals surface area (Å²) in [5.74, 6) is -0.352. The third-order valence-corrected chi connectivity index (χ3v) is 4.34. The Balaban J connectivity index is 1.75. The van der Waals surface area contributed by atoms with Crippen molar-refractivity contribution in [3.63, 3.8) is 0 Å². The van der Waals surface area contributed by atoms with Crippen molar-refractivity contribution in [1.82, 2.24) is 5.32 Å². The molecule has 2 aromatic rings.